The topological polar surface area (TPSA) is 70.2 Å². The minimum Gasteiger partial charge on any atom is -0.334 e. The van der Waals surface area contributed by atoms with Gasteiger partial charge >= 0.3 is 6.03 Å². The number of benzene rings is 2. The fourth-order valence-electron chi connectivity index (χ4n) is 3.19. The molecule has 1 aliphatic rings. The molecule has 0 bridgehead atoms. The van der Waals surface area contributed by atoms with Crippen molar-refractivity contribution in [2.24, 2.45) is 0 Å². The summed E-state index contributed by atoms with van der Waals surface area (Å²) in [6.45, 7) is 3.91. The Balaban J connectivity index is 1.67. The number of amides is 3. The fraction of sp³-hybridized carbons (Fsp3) is 0.238. The summed E-state index contributed by atoms with van der Waals surface area (Å²) >= 11 is 0. The van der Waals surface area contributed by atoms with Crippen LogP contribution in [0.4, 0.5) is 20.6 Å². The van der Waals surface area contributed by atoms with Gasteiger partial charge in [0.15, 0.2) is 0 Å². The minimum absolute atomic E-state index is 0.135. The second-order valence-electron chi connectivity index (χ2n) is 6.60. The van der Waals surface area contributed by atoms with Gasteiger partial charge in [0, 0.05) is 17.9 Å². The van der Waals surface area contributed by atoms with E-state index in [0.29, 0.717) is 36.3 Å². The van der Waals surface area contributed by atoms with Gasteiger partial charge in [0.25, 0.3) is 0 Å². The fourth-order valence-corrected chi connectivity index (χ4v) is 3.19. The summed E-state index contributed by atoms with van der Waals surface area (Å²) in [4.78, 5) is 24.5. The van der Waals surface area contributed by atoms with Gasteiger partial charge in [-0.1, -0.05) is 24.6 Å². The van der Waals surface area contributed by atoms with Crippen LogP contribution in [-0.2, 0) is 10.2 Å². The molecule has 2 aromatic rings. The van der Waals surface area contributed by atoms with Crippen molar-refractivity contribution in [2.45, 2.75) is 24.7 Å². The third-order valence-corrected chi connectivity index (χ3v) is 4.83. The van der Waals surface area contributed by atoms with E-state index in [9.17, 15) is 14.0 Å². The third-order valence-electron chi connectivity index (χ3n) is 4.83. The zero-order valence-corrected chi connectivity index (χ0v) is 14.9. The van der Waals surface area contributed by atoms with Crippen molar-refractivity contribution >= 4 is 23.3 Å². The maximum absolute atomic E-state index is 13.6. The maximum Gasteiger partial charge on any atom is 0.319 e. The normalized spacial score (nSPS) is 14.6. The molecule has 0 heterocycles. The molecule has 1 aliphatic carbocycles. The lowest BCUT2D eigenvalue weighted by atomic mass is 9.63. The second-order valence-corrected chi connectivity index (χ2v) is 6.60. The largest absolute Gasteiger partial charge is 0.334 e. The third kappa shape index (κ3) is 4.16. The van der Waals surface area contributed by atoms with Crippen LogP contribution in [0.3, 0.4) is 0 Å². The molecule has 0 unspecified atom stereocenters. The Bertz CT molecular complexity index is 845. The van der Waals surface area contributed by atoms with E-state index in [1.807, 2.05) is 0 Å². The monoisotopic (exact) mass is 367 g/mol. The number of carbonyl (C=O) groups is 2. The summed E-state index contributed by atoms with van der Waals surface area (Å²) < 4.78 is 13.6. The van der Waals surface area contributed by atoms with Crippen LogP contribution in [0.15, 0.2) is 61.2 Å². The van der Waals surface area contributed by atoms with Gasteiger partial charge in [0.1, 0.15) is 5.82 Å². The van der Waals surface area contributed by atoms with Crippen LogP contribution in [0.5, 0.6) is 0 Å². The summed E-state index contributed by atoms with van der Waals surface area (Å²) in [5.74, 6) is -0.472. The quantitative estimate of drug-likeness (QED) is 0.670. The number of carbonyl (C=O) groups excluding carboxylic acids is 2. The zero-order valence-electron chi connectivity index (χ0n) is 14.9. The highest BCUT2D eigenvalue weighted by molar-refractivity contribution is 6.00. The first kappa shape index (κ1) is 18.6. The molecule has 0 atom stereocenters. The molecular formula is C21H22FN3O2. The van der Waals surface area contributed by atoms with Crippen LogP contribution in [0.25, 0.3) is 0 Å². The van der Waals surface area contributed by atoms with Crippen molar-refractivity contribution < 1.29 is 14.0 Å². The summed E-state index contributed by atoms with van der Waals surface area (Å²) in [5, 5.41) is 8.22. The molecule has 0 spiro atoms. The molecule has 140 valence electrons. The maximum atomic E-state index is 13.6. The van der Waals surface area contributed by atoms with Gasteiger partial charge in [0.2, 0.25) is 5.91 Å². The Labute approximate surface area is 157 Å². The van der Waals surface area contributed by atoms with Crippen LogP contribution in [0, 0.1) is 5.82 Å². The van der Waals surface area contributed by atoms with Crippen molar-refractivity contribution in [1.29, 1.82) is 0 Å². The molecule has 3 rings (SSSR count). The highest BCUT2D eigenvalue weighted by Crippen LogP contribution is 2.44. The number of rotatable bonds is 6. The van der Waals surface area contributed by atoms with Gasteiger partial charge in [-0.05, 0) is 54.8 Å². The van der Waals surface area contributed by atoms with E-state index >= 15 is 0 Å². The number of hydrogen-bond acceptors (Lipinski definition) is 2. The van der Waals surface area contributed by atoms with Crippen molar-refractivity contribution in [3.8, 4) is 0 Å². The lowest BCUT2D eigenvalue weighted by molar-refractivity contribution is -0.124. The van der Waals surface area contributed by atoms with Crippen molar-refractivity contribution in [1.82, 2.24) is 5.32 Å². The molecule has 0 aliphatic heterocycles. The van der Waals surface area contributed by atoms with Crippen LogP contribution in [0.2, 0.25) is 0 Å². The predicted molar refractivity (Wildman–Crippen MR) is 104 cm³/mol. The summed E-state index contributed by atoms with van der Waals surface area (Å²) in [6.07, 6.45) is 3.93. The molecule has 0 saturated heterocycles. The molecular weight excluding hydrogens is 345 g/mol. The van der Waals surface area contributed by atoms with Crippen LogP contribution >= 0.6 is 0 Å². The van der Waals surface area contributed by atoms with Crippen LogP contribution in [-0.4, -0.2) is 18.5 Å². The molecule has 0 aromatic heterocycles. The van der Waals surface area contributed by atoms with Gasteiger partial charge in [-0.15, -0.1) is 6.58 Å². The van der Waals surface area contributed by atoms with Gasteiger partial charge in [-0.2, -0.15) is 0 Å². The molecule has 1 fully saturated rings. The van der Waals surface area contributed by atoms with Crippen LogP contribution < -0.4 is 16.0 Å². The van der Waals surface area contributed by atoms with E-state index in [-0.39, 0.29) is 17.8 Å². The van der Waals surface area contributed by atoms with Gasteiger partial charge in [-0.3, -0.25) is 4.79 Å². The number of nitrogens with one attached hydrogen (secondary N) is 3. The molecule has 2 aromatic carbocycles. The Morgan fingerprint density at radius 3 is 2.30 bits per heavy atom. The average Bonchev–Trinajstić information content (AvgIpc) is 2.61. The van der Waals surface area contributed by atoms with E-state index in [1.54, 1.807) is 42.5 Å². The molecule has 5 nitrogen and oxygen atoms in total. The highest BCUT2D eigenvalue weighted by atomic mass is 19.1. The molecule has 6 heteroatoms. The summed E-state index contributed by atoms with van der Waals surface area (Å²) in [5.41, 5.74) is 1.27. The lowest BCUT2D eigenvalue weighted by Gasteiger charge is -2.40. The number of halogens is 1. The molecule has 3 N–H and O–H groups in total. The van der Waals surface area contributed by atoms with Crippen molar-refractivity contribution in [3.05, 3.63) is 72.6 Å². The smallest absolute Gasteiger partial charge is 0.319 e. The Hall–Kier alpha value is -3.15. The summed E-state index contributed by atoms with van der Waals surface area (Å²) in [7, 11) is 0. The SMILES string of the molecule is C=CCNC(=O)Nc1ccc(NC(=O)C2(c3cccc(F)c3)CCC2)cc1. The van der Waals surface area contributed by atoms with E-state index < -0.39 is 5.41 Å². The number of urea groups is 1. The number of anilines is 2. The van der Waals surface area contributed by atoms with Gasteiger partial charge in [0.05, 0.1) is 5.41 Å². The lowest BCUT2D eigenvalue weighted by Crippen LogP contribution is -2.46. The first-order valence-corrected chi connectivity index (χ1v) is 8.87. The minimum atomic E-state index is -0.677. The average molecular weight is 367 g/mol. The first-order valence-electron chi connectivity index (χ1n) is 8.87. The second kappa shape index (κ2) is 8.03. The van der Waals surface area contributed by atoms with Gasteiger partial charge < -0.3 is 16.0 Å². The summed E-state index contributed by atoms with van der Waals surface area (Å²) in [6, 6.07) is 12.8. The standard InChI is InChI=1S/C21H22FN3O2/c1-2-13-23-20(27)25-18-9-7-17(8-10-18)24-19(26)21(11-4-12-21)15-5-3-6-16(22)14-15/h2-3,5-10,14H,1,4,11-13H2,(H,24,26)(H2,23,25,27). The molecule has 1 saturated carbocycles. The van der Waals surface area contributed by atoms with Crippen molar-refractivity contribution in [3.63, 3.8) is 0 Å². The zero-order chi connectivity index (χ0) is 19.3. The highest BCUT2D eigenvalue weighted by Gasteiger charge is 2.45. The first-order chi connectivity index (χ1) is 13.0. The van der Waals surface area contributed by atoms with E-state index in [2.05, 4.69) is 22.5 Å². The molecule has 27 heavy (non-hydrogen) atoms. The van der Waals surface area contributed by atoms with Crippen LogP contribution in [0.1, 0.15) is 24.8 Å². The molecule has 3 amide bonds. The Morgan fingerprint density at radius 1 is 1.07 bits per heavy atom. The van der Waals surface area contributed by atoms with E-state index in [1.165, 1.54) is 12.1 Å². The van der Waals surface area contributed by atoms with E-state index in [0.717, 1.165) is 6.42 Å². The molecule has 0 radical (unpaired) electrons. The predicted octanol–water partition coefficient (Wildman–Crippen LogP) is 4.19. The number of hydrogen-bond donors (Lipinski definition) is 3. The Morgan fingerprint density at radius 2 is 1.74 bits per heavy atom. The van der Waals surface area contributed by atoms with Gasteiger partial charge in [-0.25, -0.2) is 9.18 Å². The van der Waals surface area contributed by atoms with E-state index in [4.69, 9.17) is 0 Å². The Kier molecular flexibility index (Phi) is 5.54. The van der Waals surface area contributed by atoms with Crippen molar-refractivity contribution in [2.75, 3.05) is 17.2 Å².